The fraction of sp³-hybridized carbons (Fsp3) is 0.143. The van der Waals surface area contributed by atoms with Crippen molar-refractivity contribution < 1.29 is 9.84 Å². The second-order valence-electron chi connectivity index (χ2n) is 7.43. The maximum Gasteiger partial charge on any atom is 0.126 e. The first-order valence-electron chi connectivity index (χ1n) is 10.8. The fourth-order valence-corrected chi connectivity index (χ4v) is 9.63. The van der Waals surface area contributed by atoms with Crippen molar-refractivity contribution in [2.45, 2.75) is 6.61 Å². The molecule has 0 aromatic heterocycles. The number of ether oxygens (including phenoxy) is 1. The summed E-state index contributed by atoms with van der Waals surface area (Å²) in [6.07, 6.45) is 2.11. The lowest BCUT2D eigenvalue weighted by molar-refractivity contribution is 0.283. The van der Waals surface area contributed by atoms with E-state index in [1.165, 1.54) is 21.2 Å². The minimum absolute atomic E-state index is 0.0712. The lowest BCUT2D eigenvalue weighted by atomic mass is 10.2. The molecule has 0 aliphatic heterocycles. The first-order chi connectivity index (χ1) is 15.8. The van der Waals surface area contributed by atoms with Gasteiger partial charge < -0.3 is 9.84 Å². The highest BCUT2D eigenvalue weighted by atomic mass is 31.1. The first kappa shape index (κ1) is 22.7. The van der Waals surface area contributed by atoms with E-state index < -0.39 is 15.8 Å². The Labute approximate surface area is 193 Å². The highest BCUT2D eigenvalue weighted by molar-refractivity contribution is 7.76. The first-order valence-corrected chi connectivity index (χ1v) is 13.8. The fourth-order valence-electron chi connectivity index (χ4n) is 3.95. The van der Waals surface area contributed by atoms with Crippen molar-refractivity contribution in [2.75, 3.05) is 19.4 Å². The Hall–Kier alpha value is -2.50. The third-order valence-electron chi connectivity index (χ3n) is 5.51. The Morgan fingerprint density at radius 3 is 1.62 bits per heavy atom. The predicted octanol–water partition coefficient (Wildman–Crippen LogP) is 4.75. The van der Waals surface area contributed by atoms with Crippen molar-refractivity contribution in [3.8, 4) is 5.75 Å². The molecule has 4 aromatic carbocycles. The number of benzene rings is 4. The third kappa shape index (κ3) is 5.28. The van der Waals surface area contributed by atoms with Crippen LogP contribution >= 0.6 is 15.8 Å². The van der Waals surface area contributed by atoms with Gasteiger partial charge in [0.1, 0.15) is 5.75 Å². The molecule has 4 heteroatoms. The number of methoxy groups -OCH3 is 1. The highest BCUT2D eigenvalue weighted by Crippen LogP contribution is 2.43. The van der Waals surface area contributed by atoms with Gasteiger partial charge in [-0.25, -0.2) is 0 Å². The maximum absolute atomic E-state index is 10.0. The van der Waals surface area contributed by atoms with E-state index in [1.807, 2.05) is 18.2 Å². The Morgan fingerprint density at radius 1 is 0.594 bits per heavy atom. The van der Waals surface area contributed by atoms with Crippen LogP contribution in [0, 0.1) is 0 Å². The summed E-state index contributed by atoms with van der Waals surface area (Å²) in [7, 11) is 0.590. The van der Waals surface area contributed by atoms with Gasteiger partial charge in [-0.2, -0.15) is 0 Å². The molecule has 0 heterocycles. The average molecular weight is 458 g/mol. The smallest absolute Gasteiger partial charge is 0.126 e. The molecule has 0 saturated carbocycles. The van der Waals surface area contributed by atoms with Crippen LogP contribution in [0.25, 0.3) is 0 Å². The molecule has 0 unspecified atom stereocenters. The van der Waals surface area contributed by atoms with E-state index in [9.17, 15) is 5.11 Å². The quantitative estimate of drug-likeness (QED) is 0.367. The minimum Gasteiger partial charge on any atom is -0.496 e. The summed E-state index contributed by atoms with van der Waals surface area (Å²) in [6.45, 7) is 0.0712. The lowest BCUT2D eigenvalue weighted by Gasteiger charge is -2.26. The number of aliphatic hydroxyl groups is 1. The van der Waals surface area contributed by atoms with Gasteiger partial charge in [-0.05, 0) is 55.7 Å². The normalized spacial score (nSPS) is 12.8. The molecule has 0 aliphatic carbocycles. The van der Waals surface area contributed by atoms with E-state index in [2.05, 4.69) is 91.0 Å². The van der Waals surface area contributed by atoms with E-state index in [-0.39, 0.29) is 6.61 Å². The van der Waals surface area contributed by atoms with E-state index in [0.717, 1.165) is 23.6 Å². The molecular formula is C28H28O2P2. The molecule has 2 atom stereocenters. The Kier molecular flexibility index (Phi) is 8.07. The minimum atomic E-state index is -0.589. The van der Waals surface area contributed by atoms with Gasteiger partial charge in [-0.15, -0.1) is 0 Å². The molecule has 0 saturated heterocycles. The van der Waals surface area contributed by atoms with Crippen LogP contribution < -0.4 is 26.0 Å². The van der Waals surface area contributed by atoms with Crippen molar-refractivity contribution in [1.82, 2.24) is 0 Å². The van der Waals surface area contributed by atoms with Crippen molar-refractivity contribution in [3.05, 3.63) is 115 Å². The van der Waals surface area contributed by atoms with Gasteiger partial charge in [-0.1, -0.05) is 103 Å². The standard InChI is InChI=1S/C28H28O2P2/c1-30-26-17-9-11-19-28(26)32(25-15-6-3-7-16-25)21-20-31(24-13-4-2-5-14-24)27-18-10-8-12-23(27)22-29/h2-19,29H,20-22H2,1H3/t31-,32-/m1/s1. The zero-order valence-corrected chi connectivity index (χ0v) is 20.1. The van der Waals surface area contributed by atoms with Crippen LogP contribution in [0.15, 0.2) is 109 Å². The molecule has 4 rings (SSSR count). The molecule has 1 N–H and O–H groups in total. The van der Waals surface area contributed by atoms with Crippen molar-refractivity contribution >= 4 is 37.1 Å². The molecule has 0 aliphatic rings. The molecular weight excluding hydrogens is 430 g/mol. The molecule has 0 fully saturated rings. The molecule has 0 spiro atoms. The second kappa shape index (κ2) is 11.4. The van der Waals surface area contributed by atoms with Crippen LogP contribution in [0.5, 0.6) is 5.75 Å². The van der Waals surface area contributed by atoms with Gasteiger partial charge >= 0.3 is 0 Å². The number of aliphatic hydroxyl groups excluding tert-OH is 1. The molecule has 4 aromatic rings. The van der Waals surface area contributed by atoms with Gasteiger partial charge in [0.2, 0.25) is 0 Å². The number of hydrogen-bond acceptors (Lipinski definition) is 2. The summed E-state index contributed by atoms with van der Waals surface area (Å²) < 4.78 is 5.75. The van der Waals surface area contributed by atoms with Crippen LogP contribution in [-0.4, -0.2) is 24.5 Å². The lowest BCUT2D eigenvalue weighted by Crippen LogP contribution is -2.22. The van der Waals surface area contributed by atoms with Crippen molar-refractivity contribution in [3.63, 3.8) is 0 Å². The van der Waals surface area contributed by atoms with Crippen LogP contribution in [0.3, 0.4) is 0 Å². The molecule has 0 radical (unpaired) electrons. The number of hydrogen-bond donors (Lipinski definition) is 1. The molecule has 0 bridgehead atoms. The van der Waals surface area contributed by atoms with Crippen molar-refractivity contribution in [1.29, 1.82) is 0 Å². The second-order valence-corrected chi connectivity index (χ2v) is 12.0. The van der Waals surface area contributed by atoms with Crippen LogP contribution in [0.1, 0.15) is 5.56 Å². The third-order valence-corrected chi connectivity index (χ3v) is 11.0. The highest BCUT2D eigenvalue weighted by Gasteiger charge is 2.22. The van der Waals surface area contributed by atoms with Gasteiger partial charge in [0.25, 0.3) is 0 Å². The topological polar surface area (TPSA) is 29.5 Å². The zero-order chi connectivity index (χ0) is 22.2. The molecule has 32 heavy (non-hydrogen) atoms. The summed E-state index contributed by atoms with van der Waals surface area (Å²) in [5.74, 6) is 0.960. The predicted molar refractivity (Wildman–Crippen MR) is 140 cm³/mol. The summed E-state index contributed by atoms with van der Waals surface area (Å²) in [5.41, 5.74) is 1.03. The largest absolute Gasteiger partial charge is 0.496 e. The Balaban J connectivity index is 1.72. The zero-order valence-electron chi connectivity index (χ0n) is 18.3. The molecule has 2 nitrogen and oxygen atoms in total. The number of rotatable bonds is 9. The van der Waals surface area contributed by atoms with Gasteiger partial charge in [0.05, 0.1) is 13.7 Å². The summed E-state index contributed by atoms with van der Waals surface area (Å²) in [4.78, 5) is 0. The van der Waals surface area contributed by atoms with Gasteiger partial charge in [-0.3, -0.25) is 0 Å². The van der Waals surface area contributed by atoms with E-state index in [0.29, 0.717) is 0 Å². The van der Waals surface area contributed by atoms with Crippen molar-refractivity contribution in [2.24, 2.45) is 0 Å². The van der Waals surface area contributed by atoms with E-state index in [4.69, 9.17) is 4.74 Å². The van der Waals surface area contributed by atoms with E-state index >= 15 is 0 Å². The Bertz CT molecular complexity index is 1030. The van der Waals surface area contributed by atoms with Crippen LogP contribution in [-0.2, 0) is 6.61 Å². The number of para-hydroxylation sites is 1. The maximum atomic E-state index is 10.0. The van der Waals surface area contributed by atoms with Crippen LogP contribution in [0.2, 0.25) is 0 Å². The van der Waals surface area contributed by atoms with E-state index in [1.54, 1.807) is 7.11 Å². The monoisotopic (exact) mass is 458 g/mol. The summed E-state index contributed by atoms with van der Waals surface area (Å²) in [5, 5.41) is 15.3. The summed E-state index contributed by atoms with van der Waals surface area (Å²) in [6, 6.07) is 38.3. The van der Waals surface area contributed by atoms with Gasteiger partial charge in [0.15, 0.2) is 0 Å². The molecule has 162 valence electrons. The van der Waals surface area contributed by atoms with Gasteiger partial charge in [0, 0.05) is 5.30 Å². The van der Waals surface area contributed by atoms with Crippen LogP contribution in [0.4, 0.5) is 0 Å². The molecule has 0 amide bonds. The average Bonchev–Trinajstić information content (AvgIpc) is 2.88. The summed E-state index contributed by atoms with van der Waals surface area (Å²) >= 11 is 0. The SMILES string of the molecule is COc1ccccc1[P@](CC[P@](c1ccccc1)c1ccccc1CO)c1ccccc1. The Morgan fingerprint density at radius 2 is 1.06 bits per heavy atom.